The second-order valence-corrected chi connectivity index (χ2v) is 6.26. The Bertz CT molecular complexity index is 463. The molecular weight excluding hydrogens is 342 g/mol. The summed E-state index contributed by atoms with van der Waals surface area (Å²) in [7, 11) is 0. The van der Waals surface area contributed by atoms with E-state index in [9.17, 15) is 4.79 Å². The van der Waals surface area contributed by atoms with Crippen molar-refractivity contribution in [3.8, 4) is 0 Å². The molecule has 1 aliphatic rings. The number of rotatable bonds is 3. The topological polar surface area (TPSA) is 51.3 Å². The molecule has 1 aromatic rings. The third kappa shape index (κ3) is 3.57. The molecule has 20 heavy (non-hydrogen) atoms. The van der Waals surface area contributed by atoms with Crippen LogP contribution in [0.1, 0.15) is 37.2 Å². The number of aromatic nitrogens is 1. The molecule has 4 nitrogen and oxygen atoms in total. The fourth-order valence-corrected chi connectivity index (χ4v) is 3.27. The maximum atomic E-state index is 12.7. The predicted octanol–water partition coefficient (Wildman–Crippen LogP) is 2.89. The number of hydrogen-bond acceptors (Lipinski definition) is 2. The zero-order chi connectivity index (χ0) is 14.0. The molecule has 1 amide bonds. The lowest BCUT2D eigenvalue weighted by atomic mass is 9.92. The van der Waals surface area contributed by atoms with Gasteiger partial charge in [-0.25, -0.2) is 0 Å². The third-order valence-electron chi connectivity index (χ3n) is 3.93. The smallest absolute Gasteiger partial charge is 0.270 e. The Morgan fingerprint density at radius 2 is 2.25 bits per heavy atom. The molecule has 0 radical (unpaired) electrons. The summed E-state index contributed by atoms with van der Waals surface area (Å²) < 4.78 is 2.94. The van der Waals surface area contributed by atoms with E-state index < -0.39 is 0 Å². The number of carbonyl (C=O) groups excluding carboxylic acids is 1. The molecule has 2 atom stereocenters. The van der Waals surface area contributed by atoms with E-state index in [1.807, 2.05) is 28.7 Å². The van der Waals surface area contributed by atoms with Crippen molar-refractivity contribution >= 4 is 34.2 Å². The van der Waals surface area contributed by atoms with Gasteiger partial charge in [-0.2, -0.15) is 0 Å². The summed E-state index contributed by atoms with van der Waals surface area (Å²) in [5.41, 5.74) is 6.59. The van der Waals surface area contributed by atoms with Gasteiger partial charge in [-0.3, -0.25) is 4.79 Å². The third-order valence-corrected chi connectivity index (χ3v) is 4.37. The van der Waals surface area contributed by atoms with Gasteiger partial charge < -0.3 is 15.2 Å². The van der Waals surface area contributed by atoms with Crippen LogP contribution < -0.4 is 5.73 Å². The van der Waals surface area contributed by atoms with Crippen molar-refractivity contribution in [3.63, 3.8) is 0 Å². The first-order chi connectivity index (χ1) is 9.06. The van der Waals surface area contributed by atoms with Crippen molar-refractivity contribution in [3.05, 3.63) is 22.4 Å². The van der Waals surface area contributed by atoms with Gasteiger partial charge in [0.25, 0.3) is 5.91 Å². The van der Waals surface area contributed by atoms with E-state index in [-0.39, 0.29) is 24.4 Å². The van der Waals surface area contributed by atoms with Gasteiger partial charge in [-0.05, 0) is 47.7 Å². The lowest BCUT2D eigenvalue weighted by Gasteiger charge is -2.38. The average molecular weight is 365 g/mol. The number of nitrogens with zero attached hydrogens (tertiary/aromatic N) is 2. The summed E-state index contributed by atoms with van der Waals surface area (Å²) in [6.45, 7) is 6.43. The molecular formula is C14H23BrClN3O. The molecule has 2 N–H and O–H groups in total. The van der Waals surface area contributed by atoms with Crippen molar-refractivity contribution in [1.82, 2.24) is 9.47 Å². The van der Waals surface area contributed by atoms with Gasteiger partial charge >= 0.3 is 0 Å². The maximum absolute atomic E-state index is 12.7. The zero-order valence-electron chi connectivity index (χ0n) is 12.0. The second-order valence-electron chi connectivity index (χ2n) is 5.35. The van der Waals surface area contributed by atoms with Gasteiger partial charge in [0.05, 0.1) is 0 Å². The normalized spacial score (nSPS) is 22.5. The van der Waals surface area contributed by atoms with Gasteiger partial charge in [0.15, 0.2) is 0 Å². The Balaban J connectivity index is 0.00000200. The summed E-state index contributed by atoms with van der Waals surface area (Å²) in [4.78, 5) is 14.6. The first-order valence-electron chi connectivity index (χ1n) is 6.93. The van der Waals surface area contributed by atoms with E-state index in [1.54, 1.807) is 0 Å². The predicted molar refractivity (Wildman–Crippen MR) is 87.3 cm³/mol. The number of aryl methyl sites for hydroxylation is 1. The highest BCUT2D eigenvalue weighted by atomic mass is 79.9. The lowest BCUT2D eigenvalue weighted by Crippen LogP contribution is -2.49. The Kier molecular flexibility index (Phi) is 6.55. The van der Waals surface area contributed by atoms with Crippen LogP contribution in [-0.2, 0) is 6.54 Å². The van der Waals surface area contributed by atoms with Crippen molar-refractivity contribution in [2.45, 2.75) is 39.3 Å². The Morgan fingerprint density at radius 3 is 2.85 bits per heavy atom. The van der Waals surface area contributed by atoms with Crippen LogP contribution in [0, 0.1) is 5.92 Å². The molecule has 0 bridgehead atoms. The number of amides is 1. The fraction of sp³-hybridized carbons (Fsp3) is 0.643. The summed E-state index contributed by atoms with van der Waals surface area (Å²) >= 11 is 3.44. The molecule has 0 spiro atoms. The summed E-state index contributed by atoms with van der Waals surface area (Å²) in [5, 5.41) is 0. The highest BCUT2D eigenvalue weighted by Crippen LogP contribution is 2.25. The van der Waals surface area contributed by atoms with Crippen LogP contribution in [-0.4, -0.2) is 34.5 Å². The Hall–Kier alpha value is -0.520. The Labute approximate surface area is 135 Å². The molecule has 1 fully saturated rings. The van der Waals surface area contributed by atoms with E-state index in [4.69, 9.17) is 5.73 Å². The van der Waals surface area contributed by atoms with E-state index >= 15 is 0 Å². The van der Waals surface area contributed by atoms with Gasteiger partial charge in [0, 0.05) is 36.3 Å². The number of halogens is 2. The first kappa shape index (κ1) is 17.5. The average Bonchev–Trinajstić information content (AvgIpc) is 2.79. The molecule has 0 aliphatic carbocycles. The number of piperidine rings is 1. The second kappa shape index (κ2) is 7.48. The van der Waals surface area contributed by atoms with Crippen LogP contribution in [0.2, 0.25) is 0 Å². The minimum atomic E-state index is 0. The first-order valence-corrected chi connectivity index (χ1v) is 7.72. The van der Waals surface area contributed by atoms with E-state index in [0.717, 1.165) is 36.1 Å². The summed E-state index contributed by atoms with van der Waals surface area (Å²) in [6.07, 6.45) is 4.03. The number of carbonyl (C=O) groups is 1. The van der Waals surface area contributed by atoms with Crippen LogP contribution in [0.3, 0.4) is 0 Å². The van der Waals surface area contributed by atoms with Crippen molar-refractivity contribution in [2.24, 2.45) is 11.7 Å². The van der Waals surface area contributed by atoms with Crippen LogP contribution in [0.4, 0.5) is 0 Å². The van der Waals surface area contributed by atoms with Crippen LogP contribution in [0.5, 0.6) is 0 Å². The van der Waals surface area contributed by atoms with Crippen LogP contribution in [0.15, 0.2) is 16.7 Å². The van der Waals surface area contributed by atoms with Gasteiger partial charge in [0.2, 0.25) is 0 Å². The molecule has 2 rings (SSSR count). The van der Waals surface area contributed by atoms with Crippen molar-refractivity contribution in [1.29, 1.82) is 0 Å². The number of hydrogen-bond donors (Lipinski definition) is 1. The van der Waals surface area contributed by atoms with Gasteiger partial charge in [-0.15, -0.1) is 12.4 Å². The molecule has 114 valence electrons. The molecule has 1 aliphatic heterocycles. The van der Waals surface area contributed by atoms with E-state index in [0.29, 0.717) is 12.5 Å². The van der Waals surface area contributed by atoms with Gasteiger partial charge in [-0.1, -0.05) is 6.92 Å². The minimum Gasteiger partial charge on any atom is -0.343 e. The molecule has 1 saturated heterocycles. The maximum Gasteiger partial charge on any atom is 0.270 e. The molecule has 2 unspecified atom stereocenters. The van der Waals surface area contributed by atoms with Crippen LogP contribution >= 0.6 is 28.3 Å². The molecule has 0 aromatic carbocycles. The monoisotopic (exact) mass is 363 g/mol. The van der Waals surface area contributed by atoms with Crippen LogP contribution in [0.25, 0.3) is 0 Å². The molecule has 0 saturated carbocycles. The van der Waals surface area contributed by atoms with Gasteiger partial charge in [0.1, 0.15) is 5.69 Å². The van der Waals surface area contributed by atoms with E-state index in [1.165, 1.54) is 0 Å². The zero-order valence-corrected chi connectivity index (χ0v) is 14.4. The largest absolute Gasteiger partial charge is 0.343 e. The quantitative estimate of drug-likeness (QED) is 0.896. The fourth-order valence-electron chi connectivity index (χ4n) is 2.80. The molecule has 2 heterocycles. The lowest BCUT2D eigenvalue weighted by molar-refractivity contribution is 0.0563. The molecule has 6 heteroatoms. The highest BCUT2D eigenvalue weighted by molar-refractivity contribution is 9.10. The molecule has 1 aromatic heterocycles. The van der Waals surface area contributed by atoms with E-state index in [2.05, 4.69) is 22.9 Å². The SMILES string of the molecule is CCn1cc(Br)cc1C(=O)N1CCC(C)CC1CN.Cl. The number of nitrogens with two attached hydrogens (primary N) is 1. The Morgan fingerprint density at radius 1 is 1.55 bits per heavy atom. The minimum absolute atomic E-state index is 0. The van der Waals surface area contributed by atoms with Crippen molar-refractivity contribution < 1.29 is 4.79 Å². The summed E-state index contributed by atoms with van der Waals surface area (Å²) in [5.74, 6) is 0.761. The summed E-state index contributed by atoms with van der Waals surface area (Å²) in [6, 6.07) is 2.08. The van der Waals surface area contributed by atoms with Crippen molar-refractivity contribution in [2.75, 3.05) is 13.1 Å². The number of likely N-dealkylation sites (tertiary alicyclic amines) is 1. The highest BCUT2D eigenvalue weighted by Gasteiger charge is 2.30. The standard InChI is InChI=1S/C14H22BrN3O.ClH/c1-3-17-9-11(15)7-13(17)14(19)18-5-4-10(2)6-12(18)8-16;/h7,9-10,12H,3-6,8,16H2,1-2H3;1H.